The predicted octanol–water partition coefficient (Wildman–Crippen LogP) is 2.02. The molecule has 136 valence electrons. The van der Waals surface area contributed by atoms with Crippen molar-refractivity contribution in [3.63, 3.8) is 0 Å². The summed E-state index contributed by atoms with van der Waals surface area (Å²) in [4.78, 5) is 24.4. The van der Waals surface area contributed by atoms with E-state index < -0.39 is 11.8 Å². The second kappa shape index (κ2) is 8.35. The van der Waals surface area contributed by atoms with Crippen molar-refractivity contribution in [1.82, 2.24) is 10.9 Å². The first-order chi connectivity index (χ1) is 12.6. The van der Waals surface area contributed by atoms with Crippen molar-refractivity contribution < 1.29 is 24.2 Å². The zero-order chi connectivity index (χ0) is 18.4. The highest BCUT2D eigenvalue weighted by atomic mass is 16.5. The van der Waals surface area contributed by atoms with E-state index in [0.29, 0.717) is 17.9 Å². The van der Waals surface area contributed by atoms with Crippen molar-refractivity contribution in [2.75, 3.05) is 13.2 Å². The summed E-state index contributed by atoms with van der Waals surface area (Å²) in [5, 5.41) is 9.68. The Morgan fingerprint density at radius 3 is 2.38 bits per heavy atom. The fraction of sp³-hybridized carbons (Fsp3) is 0.263. The number of aromatic hydroxyl groups is 1. The monoisotopic (exact) mass is 356 g/mol. The molecule has 1 aliphatic rings. The van der Waals surface area contributed by atoms with Gasteiger partial charge in [-0.1, -0.05) is 24.3 Å². The van der Waals surface area contributed by atoms with Crippen LogP contribution in [0.3, 0.4) is 0 Å². The number of carbonyl (C=O) groups is 2. The second-order valence-electron chi connectivity index (χ2n) is 5.87. The number of para-hydroxylation sites is 2. The van der Waals surface area contributed by atoms with Crippen LogP contribution in [0.15, 0.2) is 48.5 Å². The fourth-order valence-corrected chi connectivity index (χ4v) is 2.65. The van der Waals surface area contributed by atoms with E-state index in [1.807, 2.05) is 0 Å². The molecule has 0 aliphatic carbocycles. The number of nitrogens with one attached hydrogen (secondary N) is 2. The highest BCUT2D eigenvalue weighted by molar-refractivity contribution is 6.01. The van der Waals surface area contributed by atoms with Crippen LogP contribution < -0.4 is 15.6 Å². The summed E-state index contributed by atoms with van der Waals surface area (Å²) in [6, 6.07) is 12.8. The van der Waals surface area contributed by atoms with Crippen LogP contribution in [0.1, 0.15) is 33.6 Å². The van der Waals surface area contributed by atoms with Crippen molar-refractivity contribution in [2.45, 2.75) is 18.9 Å². The lowest BCUT2D eigenvalue weighted by Crippen LogP contribution is -2.41. The van der Waals surface area contributed by atoms with Gasteiger partial charge in [-0.3, -0.25) is 20.4 Å². The van der Waals surface area contributed by atoms with E-state index in [-0.39, 0.29) is 17.4 Å². The molecule has 0 spiro atoms. The Hall–Kier alpha value is -3.06. The quantitative estimate of drug-likeness (QED) is 0.712. The molecule has 0 bridgehead atoms. The van der Waals surface area contributed by atoms with Gasteiger partial charge < -0.3 is 14.6 Å². The third kappa shape index (κ3) is 4.31. The van der Waals surface area contributed by atoms with Gasteiger partial charge in [0.2, 0.25) is 0 Å². The molecule has 2 amide bonds. The van der Waals surface area contributed by atoms with E-state index in [9.17, 15) is 14.7 Å². The van der Waals surface area contributed by atoms with Crippen LogP contribution in [0.2, 0.25) is 0 Å². The highest BCUT2D eigenvalue weighted by Gasteiger charge is 2.19. The molecule has 2 aromatic carbocycles. The molecule has 3 N–H and O–H groups in total. The molecular weight excluding hydrogens is 336 g/mol. The smallest absolute Gasteiger partial charge is 0.273 e. The van der Waals surface area contributed by atoms with Crippen LogP contribution >= 0.6 is 0 Å². The first-order valence-electron chi connectivity index (χ1n) is 8.37. The Morgan fingerprint density at radius 2 is 1.69 bits per heavy atom. The number of hydrogen-bond donors (Lipinski definition) is 3. The Bertz CT molecular complexity index is 787. The SMILES string of the molecule is O=C(NNC(=O)c1ccccc1OCC1CCCO1)c1ccccc1O. The van der Waals surface area contributed by atoms with E-state index in [4.69, 9.17) is 9.47 Å². The normalized spacial score (nSPS) is 16.1. The molecular formula is C19H20N2O5. The summed E-state index contributed by atoms with van der Waals surface area (Å²) in [6.45, 7) is 1.10. The average molecular weight is 356 g/mol. The largest absolute Gasteiger partial charge is 0.507 e. The summed E-state index contributed by atoms with van der Waals surface area (Å²) in [6.07, 6.45) is 1.98. The summed E-state index contributed by atoms with van der Waals surface area (Å²) >= 11 is 0. The molecule has 1 unspecified atom stereocenters. The Balaban J connectivity index is 1.60. The Kier molecular flexibility index (Phi) is 5.70. The highest BCUT2D eigenvalue weighted by Crippen LogP contribution is 2.20. The first kappa shape index (κ1) is 17.8. The number of ether oxygens (including phenoxy) is 2. The van der Waals surface area contributed by atoms with Crippen molar-refractivity contribution in [3.05, 3.63) is 59.7 Å². The van der Waals surface area contributed by atoms with Gasteiger partial charge in [0.25, 0.3) is 11.8 Å². The lowest BCUT2D eigenvalue weighted by molar-refractivity contribution is 0.0669. The molecule has 1 saturated heterocycles. The number of benzene rings is 2. The number of amides is 2. The van der Waals surface area contributed by atoms with Gasteiger partial charge in [-0.2, -0.15) is 0 Å². The maximum atomic E-state index is 12.4. The number of hydrazine groups is 1. The zero-order valence-corrected chi connectivity index (χ0v) is 14.1. The summed E-state index contributed by atoms with van der Waals surface area (Å²) in [5.41, 5.74) is 4.98. The molecule has 1 heterocycles. The van der Waals surface area contributed by atoms with Crippen LogP contribution in [0.5, 0.6) is 11.5 Å². The lowest BCUT2D eigenvalue weighted by atomic mass is 10.2. The minimum absolute atomic E-state index is 0.0341. The molecule has 3 rings (SSSR count). The molecule has 7 nitrogen and oxygen atoms in total. The van der Waals surface area contributed by atoms with Gasteiger partial charge in [-0.05, 0) is 37.1 Å². The Morgan fingerprint density at radius 1 is 1.04 bits per heavy atom. The number of phenolic OH excluding ortho intramolecular Hbond substituents is 1. The summed E-state index contributed by atoms with van der Waals surface area (Å²) in [7, 11) is 0. The fourth-order valence-electron chi connectivity index (χ4n) is 2.65. The molecule has 7 heteroatoms. The number of rotatable bonds is 5. The molecule has 0 saturated carbocycles. The van der Waals surface area contributed by atoms with Gasteiger partial charge in [0.05, 0.1) is 17.2 Å². The number of hydrogen-bond acceptors (Lipinski definition) is 5. The third-order valence-corrected chi connectivity index (χ3v) is 4.02. The minimum atomic E-state index is -0.616. The van der Waals surface area contributed by atoms with Gasteiger partial charge in [0, 0.05) is 6.61 Å². The lowest BCUT2D eigenvalue weighted by Gasteiger charge is -2.15. The first-order valence-corrected chi connectivity index (χ1v) is 8.37. The van der Waals surface area contributed by atoms with Crippen LogP contribution in [0.4, 0.5) is 0 Å². The van der Waals surface area contributed by atoms with Crippen LogP contribution in [0, 0.1) is 0 Å². The molecule has 26 heavy (non-hydrogen) atoms. The van der Waals surface area contributed by atoms with Crippen LogP contribution in [-0.2, 0) is 4.74 Å². The van der Waals surface area contributed by atoms with Gasteiger partial charge in [-0.25, -0.2) is 0 Å². The Labute approximate surface area is 150 Å². The van der Waals surface area contributed by atoms with E-state index in [1.165, 1.54) is 12.1 Å². The van der Waals surface area contributed by atoms with Gasteiger partial charge in [-0.15, -0.1) is 0 Å². The van der Waals surface area contributed by atoms with Gasteiger partial charge in [0.1, 0.15) is 18.1 Å². The molecule has 1 fully saturated rings. The molecule has 0 radical (unpaired) electrons. The van der Waals surface area contributed by atoms with E-state index in [0.717, 1.165) is 19.4 Å². The second-order valence-corrected chi connectivity index (χ2v) is 5.87. The molecule has 0 aromatic heterocycles. The minimum Gasteiger partial charge on any atom is -0.507 e. The van der Waals surface area contributed by atoms with Gasteiger partial charge >= 0.3 is 0 Å². The topological polar surface area (TPSA) is 96.9 Å². The van der Waals surface area contributed by atoms with Crippen molar-refractivity contribution >= 4 is 11.8 Å². The van der Waals surface area contributed by atoms with Crippen molar-refractivity contribution in [1.29, 1.82) is 0 Å². The van der Waals surface area contributed by atoms with Crippen LogP contribution in [-0.4, -0.2) is 36.2 Å². The number of carbonyl (C=O) groups excluding carboxylic acids is 2. The maximum absolute atomic E-state index is 12.4. The molecule has 1 atom stereocenters. The van der Waals surface area contributed by atoms with E-state index in [2.05, 4.69) is 10.9 Å². The zero-order valence-electron chi connectivity index (χ0n) is 14.1. The standard InChI is InChI=1S/C19H20N2O5/c22-16-9-3-1-7-14(16)18(23)20-21-19(24)15-8-2-4-10-17(15)26-12-13-6-5-11-25-13/h1-4,7-10,13,22H,5-6,11-12H2,(H,20,23)(H,21,24). The van der Waals surface area contributed by atoms with E-state index >= 15 is 0 Å². The maximum Gasteiger partial charge on any atom is 0.273 e. The van der Waals surface area contributed by atoms with Crippen molar-refractivity contribution in [3.8, 4) is 11.5 Å². The van der Waals surface area contributed by atoms with E-state index in [1.54, 1.807) is 36.4 Å². The van der Waals surface area contributed by atoms with Gasteiger partial charge in [0.15, 0.2) is 0 Å². The summed E-state index contributed by atoms with van der Waals surface area (Å²) in [5.74, 6) is -0.886. The van der Waals surface area contributed by atoms with Crippen LogP contribution in [0.25, 0.3) is 0 Å². The summed E-state index contributed by atoms with van der Waals surface area (Å²) < 4.78 is 11.2. The molecule has 2 aromatic rings. The third-order valence-electron chi connectivity index (χ3n) is 4.02. The average Bonchev–Trinajstić information content (AvgIpc) is 3.18. The van der Waals surface area contributed by atoms with Crippen molar-refractivity contribution in [2.24, 2.45) is 0 Å². The predicted molar refractivity (Wildman–Crippen MR) is 94.0 cm³/mol. The molecule has 1 aliphatic heterocycles. The number of phenols is 1.